The van der Waals surface area contributed by atoms with Crippen LogP contribution in [-0.4, -0.2) is 47.1 Å². The van der Waals surface area contributed by atoms with Gasteiger partial charge in [-0.05, 0) is 55.0 Å². The molecule has 0 saturated carbocycles. The fourth-order valence-electron chi connectivity index (χ4n) is 4.54. The van der Waals surface area contributed by atoms with Crippen molar-refractivity contribution in [1.82, 2.24) is 4.90 Å². The third-order valence-electron chi connectivity index (χ3n) is 5.95. The van der Waals surface area contributed by atoms with Crippen molar-refractivity contribution in [1.29, 1.82) is 0 Å². The van der Waals surface area contributed by atoms with Gasteiger partial charge in [0.1, 0.15) is 17.6 Å². The minimum absolute atomic E-state index is 0.0793. The minimum Gasteiger partial charge on any atom is -0.507 e. The van der Waals surface area contributed by atoms with E-state index in [2.05, 4.69) is 0 Å². The van der Waals surface area contributed by atoms with Crippen molar-refractivity contribution in [2.24, 2.45) is 0 Å². The summed E-state index contributed by atoms with van der Waals surface area (Å²) in [7, 11) is 0. The number of hydrogen-bond acceptors (Lipinski definition) is 6. The molecule has 5 rings (SSSR count). The maximum atomic E-state index is 13.0. The van der Waals surface area contributed by atoms with Crippen LogP contribution in [0.4, 0.5) is 0 Å². The van der Waals surface area contributed by atoms with Crippen LogP contribution in [0.3, 0.4) is 0 Å². The average Bonchev–Trinajstić information content (AvgIpc) is 3.51. The molecule has 1 aromatic carbocycles. The first-order valence-corrected chi connectivity index (χ1v) is 11.1. The van der Waals surface area contributed by atoms with Gasteiger partial charge in [-0.25, -0.2) is 0 Å². The molecule has 0 spiro atoms. The summed E-state index contributed by atoms with van der Waals surface area (Å²) in [6.45, 7) is 3.01. The molecule has 1 N–H and O–H groups in total. The Balaban J connectivity index is 1.57. The summed E-state index contributed by atoms with van der Waals surface area (Å²) in [4.78, 5) is 28.4. The van der Waals surface area contributed by atoms with Crippen LogP contribution >= 0.6 is 11.3 Å². The number of rotatable bonds is 4. The van der Waals surface area contributed by atoms with Crippen LogP contribution in [-0.2, 0) is 20.7 Å². The van der Waals surface area contributed by atoms with E-state index in [1.807, 2.05) is 36.6 Å². The van der Waals surface area contributed by atoms with Crippen LogP contribution in [0.25, 0.3) is 5.76 Å². The molecule has 3 aliphatic rings. The van der Waals surface area contributed by atoms with Gasteiger partial charge in [-0.3, -0.25) is 9.59 Å². The third kappa shape index (κ3) is 3.22. The summed E-state index contributed by atoms with van der Waals surface area (Å²) in [5.74, 6) is -0.561. The van der Waals surface area contributed by atoms with E-state index in [-0.39, 0.29) is 23.5 Å². The predicted molar refractivity (Wildman–Crippen MR) is 113 cm³/mol. The van der Waals surface area contributed by atoms with Gasteiger partial charge in [0.15, 0.2) is 0 Å². The zero-order chi connectivity index (χ0) is 20.8. The monoisotopic (exact) mass is 425 g/mol. The summed E-state index contributed by atoms with van der Waals surface area (Å²) in [6, 6.07) is 8.60. The Morgan fingerprint density at radius 2 is 2.17 bits per heavy atom. The van der Waals surface area contributed by atoms with E-state index >= 15 is 0 Å². The van der Waals surface area contributed by atoms with Gasteiger partial charge in [-0.15, -0.1) is 11.3 Å². The Hall–Kier alpha value is -2.64. The van der Waals surface area contributed by atoms with Gasteiger partial charge in [0.05, 0.1) is 17.7 Å². The number of Topliss-reactive ketones (excluding diaryl/α,β-unsaturated/α-hetero) is 1. The highest BCUT2D eigenvalue weighted by molar-refractivity contribution is 7.10. The topological polar surface area (TPSA) is 76.1 Å². The Kier molecular flexibility index (Phi) is 4.87. The Bertz CT molecular complexity index is 1020. The molecule has 4 heterocycles. The van der Waals surface area contributed by atoms with Gasteiger partial charge in [0.2, 0.25) is 0 Å². The number of aliphatic hydroxyl groups is 1. The number of carbonyl (C=O) groups excluding carboxylic acids is 2. The predicted octanol–water partition coefficient (Wildman–Crippen LogP) is 3.67. The van der Waals surface area contributed by atoms with Gasteiger partial charge in [-0.1, -0.05) is 6.07 Å². The molecule has 0 radical (unpaired) electrons. The van der Waals surface area contributed by atoms with Crippen LogP contribution in [0.2, 0.25) is 0 Å². The molecule has 156 valence electrons. The quantitative estimate of drug-likeness (QED) is 0.460. The minimum atomic E-state index is -0.644. The van der Waals surface area contributed by atoms with Gasteiger partial charge in [0.25, 0.3) is 11.7 Å². The van der Waals surface area contributed by atoms with E-state index in [0.29, 0.717) is 18.7 Å². The van der Waals surface area contributed by atoms with Crippen molar-refractivity contribution in [2.45, 2.75) is 44.4 Å². The van der Waals surface area contributed by atoms with E-state index in [1.54, 1.807) is 11.0 Å². The summed E-state index contributed by atoms with van der Waals surface area (Å²) in [5.41, 5.74) is 1.67. The molecule has 1 amide bonds. The van der Waals surface area contributed by atoms with Crippen molar-refractivity contribution < 1.29 is 24.2 Å². The maximum absolute atomic E-state index is 13.0. The number of likely N-dealkylation sites (tertiary alicyclic amines) is 1. The Morgan fingerprint density at radius 3 is 2.90 bits per heavy atom. The van der Waals surface area contributed by atoms with Crippen molar-refractivity contribution in [2.75, 3.05) is 13.2 Å². The molecule has 2 aromatic rings. The Morgan fingerprint density at radius 1 is 1.30 bits per heavy atom. The Labute approximate surface area is 178 Å². The molecule has 3 aliphatic heterocycles. The summed E-state index contributed by atoms with van der Waals surface area (Å²) in [6.07, 6.45) is 2.57. The second kappa shape index (κ2) is 7.56. The van der Waals surface area contributed by atoms with Crippen molar-refractivity contribution in [3.63, 3.8) is 0 Å². The number of thiophene rings is 1. The van der Waals surface area contributed by atoms with Gasteiger partial charge in [0, 0.05) is 30.0 Å². The first-order chi connectivity index (χ1) is 14.5. The second-order valence-corrected chi connectivity index (χ2v) is 9.04. The molecule has 7 heteroatoms. The number of fused-ring (bicyclic) bond motifs is 1. The largest absolute Gasteiger partial charge is 0.507 e. The lowest BCUT2D eigenvalue weighted by Gasteiger charge is -2.26. The lowest BCUT2D eigenvalue weighted by atomic mass is 9.98. The molecule has 2 saturated heterocycles. The van der Waals surface area contributed by atoms with E-state index in [9.17, 15) is 14.7 Å². The third-order valence-corrected chi connectivity index (χ3v) is 6.87. The summed E-state index contributed by atoms with van der Waals surface area (Å²) < 4.78 is 11.4. The van der Waals surface area contributed by atoms with Crippen LogP contribution < -0.4 is 4.74 Å². The molecular weight excluding hydrogens is 402 g/mol. The molecular formula is C23H23NO5S. The molecule has 0 bridgehead atoms. The highest BCUT2D eigenvalue weighted by Crippen LogP contribution is 2.42. The fourth-order valence-corrected chi connectivity index (χ4v) is 5.39. The molecule has 0 unspecified atom stereocenters. The number of nitrogens with zero attached hydrogens (tertiary/aromatic N) is 1. The van der Waals surface area contributed by atoms with Crippen molar-refractivity contribution >= 4 is 28.8 Å². The SMILES string of the molecule is C[C@@H]1Cc2cc(C(O)=C3C(=O)C(=O)N(C[C@@H]4CCCO4)[C@H]3c3cccs3)ccc2O1. The molecule has 1 aromatic heterocycles. The number of benzene rings is 1. The molecule has 30 heavy (non-hydrogen) atoms. The number of ketones is 1. The van der Waals surface area contributed by atoms with Gasteiger partial charge < -0.3 is 19.5 Å². The highest BCUT2D eigenvalue weighted by atomic mass is 32.1. The van der Waals surface area contributed by atoms with E-state index in [4.69, 9.17) is 9.47 Å². The molecule has 6 nitrogen and oxygen atoms in total. The normalized spacial score (nSPS) is 27.5. The van der Waals surface area contributed by atoms with Crippen LogP contribution in [0, 0.1) is 0 Å². The smallest absolute Gasteiger partial charge is 0.295 e. The lowest BCUT2D eigenvalue weighted by molar-refractivity contribution is -0.140. The van der Waals surface area contributed by atoms with E-state index in [1.165, 1.54) is 11.3 Å². The highest BCUT2D eigenvalue weighted by Gasteiger charge is 2.47. The molecule has 2 fully saturated rings. The van der Waals surface area contributed by atoms with E-state index < -0.39 is 17.7 Å². The number of aliphatic hydroxyl groups excluding tert-OH is 1. The van der Waals surface area contributed by atoms with Crippen LogP contribution in [0.1, 0.15) is 41.8 Å². The van der Waals surface area contributed by atoms with Gasteiger partial charge >= 0.3 is 0 Å². The lowest BCUT2D eigenvalue weighted by Crippen LogP contribution is -2.36. The number of hydrogen-bond donors (Lipinski definition) is 1. The first-order valence-electron chi connectivity index (χ1n) is 10.3. The summed E-state index contributed by atoms with van der Waals surface area (Å²) >= 11 is 1.47. The number of ether oxygens (including phenoxy) is 2. The van der Waals surface area contributed by atoms with Gasteiger partial charge in [-0.2, -0.15) is 0 Å². The summed E-state index contributed by atoms with van der Waals surface area (Å²) in [5, 5.41) is 13.1. The van der Waals surface area contributed by atoms with Crippen LogP contribution in [0.5, 0.6) is 5.75 Å². The second-order valence-electron chi connectivity index (χ2n) is 8.06. The van der Waals surface area contributed by atoms with Crippen LogP contribution in [0.15, 0.2) is 41.3 Å². The molecule has 0 aliphatic carbocycles. The molecule has 3 atom stereocenters. The first kappa shape index (κ1) is 19.3. The average molecular weight is 426 g/mol. The van der Waals surface area contributed by atoms with E-state index in [0.717, 1.165) is 35.5 Å². The number of amides is 1. The maximum Gasteiger partial charge on any atom is 0.295 e. The van der Waals surface area contributed by atoms with Crippen molar-refractivity contribution in [3.05, 3.63) is 57.3 Å². The number of carbonyl (C=O) groups is 2. The zero-order valence-electron chi connectivity index (χ0n) is 16.7. The standard InChI is InChI=1S/C23H23NO5S/c1-13-10-15-11-14(6-7-17(15)29-13)21(25)19-20(18-5-3-9-30-18)24(23(27)22(19)26)12-16-4-2-8-28-16/h3,5-7,9,11,13,16,20,25H,2,4,8,10,12H2,1H3/t13-,16+,20+/m1/s1. The fraction of sp³-hybridized carbons (Fsp3) is 0.391. The van der Waals surface area contributed by atoms with Crippen molar-refractivity contribution in [3.8, 4) is 5.75 Å². The zero-order valence-corrected chi connectivity index (χ0v) is 17.5.